The molecular weight excluding hydrogens is 278 g/mol. The zero-order valence-corrected chi connectivity index (χ0v) is 12.8. The van der Waals surface area contributed by atoms with Crippen molar-refractivity contribution in [3.05, 3.63) is 52.8 Å². The van der Waals surface area contributed by atoms with Gasteiger partial charge in [0.15, 0.2) is 5.78 Å². The molecule has 2 aromatic heterocycles. The first kappa shape index (κ1) is 14.2. The van der Waals surface area contributed by atoms with E-state index in [1.54, 1.807) is 0 Å². The van der Waals surface area contributed by atoms with Crippen molar-refractivity contribution in [2.45, 2.75) is 27.3 Å². The van der Waals surface area contributed by atoms with Gasteiger partial charge in [0, 0.05) is 22.5 Å². The fourth-order valence-electron chi connectivity index (χ4n) is 2.47. The average Bonchev–Trinajstić information content (AvgIpc) is 3.06. The summed E-state index contributed by atoms with van der Waals surface area (Å²) < 4.78 is 0. The van der Waals surface area contributed by atoms with E-state index < -0.39 is 0 Å². The van der Waals surface area contributed by atoms with Gasteiger partial charge < -0.3 is 4.98 Å². The van der Waals surface area contributed by atoms with Crippen molar-refractivity contribution < 1.29 is 4.79 Å². The molecule has 3 rings (SSSR count). The number of tetrazole rings is 1. The summed E-state index contributed by atoms with van der Waals surface area (Å²) in [5.74, 6) is 0.503. The molecule has 0 unspecified atom stereocenters. The topological polar surface area (TPSA) is 76.5 Å². The Hall–Kier alpha value is -2.76. The molecule has 112 valence electrons. The van der Waals surface area contributed by atoms with Crippen LogP contribution in [0.1, 0.15) is 27.3 Å². The van der Waals surface area contributed by atoms with Gasteiger partial charge >= 0.3 is 0 Å². The number of Topliss-reactive ketones (excluding diaryl/α,β-unsaturated/α-hetero) is 1. The highest BCUT2D eigenvalue weighted by Crippen LogP contribution is 2.18. The molecule has 0 spiro atoms. The fraction of sp³-hybridized carbons (Fsp3) is 0.250. The minimum atomic E-state index is -0.0319. The molecule has 1 aromatic carbocycles. The number of hydrogen-bond donors (Lipinski definition) is 1. The standard InChI is InChI=1S/C16H17N5O/c1-10-6-4-5-7-13(10)16-18-20-21(19-16)9-15(22)14-8-11(2)17-12(14)3/h4-8,17H,9H2,1-3H3. The first-order valence-electron chi connectivity index (χ1n) is 7.08. The van der Waals surface area contributed by atoms with Crippen molar-refractivity contribution in [3.63, 3.8) is 0 Å². The molecule has 0 saturated carbocycles. The van der Waals surface area contributed by atoms with Crippen LogP contribution >= 0.6 is 0 Å². The third-order valence-electron chi connectivity index (χ3n) is 3.57. The smallest absolute Gasteiger partial charge is 0.205 e. The Labute approximate surface area is 128 Å². The van der Waals surface area contributed by atoms with Crippen molar-refractivity contribution in [2.24, 2.45) is 0 Å². The number of rotatable bonds is 4. The number of carbonyl (C=O) groups is 1. The van der Waals surface area contributed by atoms with E-state index in [0.29, 0.717) is 11.4 Å². The minimum absolute atomic E-state index is 0.0319. The molecule has 0 aliphatic heterocycles. The molecule has 6 nitrogen and oxygen atoms in total. The minimum Gasteiger partial charge on any atom is -0.362 e. The highest BCUT2D eigenvalue weighted by atomic mass is 16.1. The quantitative estimate of drug-likeness (QED) is 0.750. The number of aryl methyl sites for hydroxylation is 3. The van der Waals surface area contributed by atoms with Crippen molar-refractivity contribution in [1.29, 1.82) is 0 Å². The largest absolute Gasteiger partial charge is 0.362 e. The molecule has 6 heteroatoms. The number of hydrogen-bond acceptors (Lipinski definition) is 4. The van der Waals surface area contributed by atoms with Crippen LogP contribution in [-0.2, 0) is 6.54 Å². The number of ketones is 1. The summed E-state index contributed by atoms with van der Waals surface area (Å²) in [6.45, 7) is 5.88. The van der Waals surface area contributed by atoms with E-state index in [4.69, 9.17) is 0 Å². The lowest BCUT2D eigenvalue weighted by molar-refractivity contribution is 0.0961. The molecule has 0 fully saturated rings. The van der Waals surface area contributed by atoms with E-state index in [1.807, 2.05) is 51.1 Å². The number of carbonyl (C=O) groups excluding carboxylic acids is 1. The van der Waals surface area contributed by atoms with Crippen LogP contribution in [0.25, 0.3) is 11.4 Å². The lowest BCUT2D eigenvalue weighted by atomic mass is 10.1. The van der Waals surface area contributed by atoms with Gasteiger partial charge in [-0.25, -0.2) is 0 Å². The highest BCUT2D eigenvalue weighted by Gasteiger charge is 2.15. The molecule has 3 aromatic rings. The normalized spacial score (nSPS) is 10.9. The Kier molecular flexibility index (Phi) is 3.58. The third kappa shape index (κ3) is 2.67. The Bertz CT molecular complexity index is 831. The number of nitrogens with one attached hydrogen (secondary N) is 1. The van der Waals surface area contributed by atoms with Gasteiger partial charge in [0.1, 0.15) is 6.54 Å². The molecule has 22 heavy (non-hydrogen) atoms. The summed E-state index contributed by atoms with van der Waals surface area (Å²) in [4.78, 5) is 16.8. The monoisotopic (exact) mass is 295 g/mol. The van der Waals surface area contributed by atoms with Crippen LogP contribution in [0.15, 0.2) is 30.3 Å². The summed E-state index contributed by atoms with van der Waals surface area (Å²) in [5, 5.41) is 12.3. The van der Waals surface area contributed by atoms with Crippen LogP contribution in [0.4, 0.5) is 0 Å². The molecule has 0 radical (unpaired) electrons. The zero-order valence-electron chi connectivity index (χ0n) is 12.8. The van der Waals surface area contributed by atoms with Gasteiger partial charge in [-0.3, -0.25) is 4.79 Å². The molecule has 2 heterocycles. The van der Waals surface area contributed by atoms with Crippen LogP contribution in [0.2, 0.25) is 0 Å². The Balaban J connectivity index is 1.82. The lowest BCUT2D eigenvalue weighted by Crippen LogP contribution is -2.13. The van der Waals surface area contributed by atoms with Gasteiger partial charge in [-0.05, 0) is 37.6 Å². The third-order valence-corrected chi connectivity index (χ3v) is 3.57. The van der Waals surface area contributed by atoms with E-state index in [0.717, 1.165) is 22.5 Å². The highest BCUT2D eigenvalue weighted by molar-refractivity contribution is 5.97. The Morgan fingerprint density at radius 3 is 2.68 bits per heavy atom. The number of H-pyrrole nitrogens is 1. The molecule has 0 amide bonds. The SMILES string of the molecule is Cc1cc(C(=O)Cn2nnc(-c3ccccc3C)n2)c(C)[nH]1. The maximum absolute atomic E-state index is 12.3. The van der Waals surface area contributed by atoms with Gasteiger partial charge in [-0.1, -0.05) is 24.3 Å². The second kappa shape index (κ2) is 5.55. The summed E-state index contributed by atoms with van der Waals surface area (Å²) >= 11 is 0. The van der Waals surface area contributed by atoms with Crippen LogP contribution in [0.5, 0.6) is 0 Å². The van der Waals surface area contributed by atoms with Crippen molar-refractivity contribution in [2.75, 3.05) is 0 Å². The van der Waals surface area contributed by atoms with Gasteiger partial charge in [0.2, 0.25) is 5.82 Å². The van der Waals surface area contributed by atoms with Crippen LogP contribution < -0.4 is 0 Å². The van der Waals surface area contributed by atoms with E-state index >= 15 is 0 Å². The van der Waals surface area contributed by atoms with Crippen LogP contribution in [0.3, 0.4) is 0 Å². The summed E-state index contributed by atoms with van der Waals surface area (Å²) in [7, 11) is 0. The predicted molar refractivity (Wildman–Crippen MR) is 82.6 cm³/mol. The maximum atomic E-state index is 12.3. The number of aromatic amines is 1. The number of nitrogens with zero attached hydrogens (tertiary/aromatic N) is 4. The van der Waals surface area contributed by atoms with Gasteiger partial charge in [-0.2, -0.15) is 4.80 Å². The molecule has 0 saturated heterocycles. The fourth-order valence-corrected chi connectivity index (χ4v) is 2.47. The van der Waals surface area contributed by atoms with Crippen LogP contribution in [-0.4, -0.2) is 31.0 Å². The summed E-state index contributed by atoms with van der Waals surface area (Å²) in [5.41, 5.74) is 4.50. The maximum Gasteiger partial charge on any atom is 0.205 e. The van der Waals surface area contributed by atoms with Crippen LogP contribution in [0, 0.1) is 20.8 Å². The molecule has 1 N–H and O–H groups in total. The first-order chi connectivity index (χ1) is 10.5. The summed E-state index contributed by atoms with van der Waals surface area (Å²) in [6, 6.07) is 9.67. The van der Waals surface area contributed by atoms with Gasteiger partial charge in [-0.15, -0.1) is 10.2 Å². The molecule has 0 aliphatic rings. The Morgan fingerprint density at radius 1 is 1.23 bits per heavy atom. The van der Waals surface area contributed by atoms with Gasteiger partial charge in [0.05, 0.1) is 0 Å². The molecule has 0 atom stereocenters. The number of aromatic nitrogens is 5. The van der Waals surface area contributed by atoms with Crippen molar-refractivity contribution in [1.82, 2.24) is 25.2 Å². The van der Waals surface area contributed by atoms with Crippen molar-refractivity contribution >= 4 is 5.78 Å². The van der Waals surface area contributed by atoms with Gasteiger partial charge in [0.25, 0.3) is 0 Å². The second-order valence-corrected chi connectivity index (χ2v) is 5.37. The average molecular weight is 295 g/mol. The molecule has 0 aliphatic carbocycles. The predicted octanol–water partition coefficient (Wildman–Crippen LogP) is 2.48. The zero-order chi connectivity index (χ0) is 15.7. The Morgan fingerprint density at radius 2 is 2.00 bits per heavy atom. The molecular formula is C16H17N5O. The van der Waals surface area contributed by atoms with Crippen molar-refractivity contribution in [3.8, 4) is 11.4 Å². The van der Waals surface area contributed by atoms with E-state index in [2.05, 4.69) is 20.4 Å². The lowest BCUT2D eigenvalue weighted by Gasteiger charge is -2.00. The summed E-state index contributed by atoms with van der Waals surface area (Å²) in [6.07, 6.45) is 0. The van der Waals surface area contributed by atoms with E-state index in [1.165, 1.54) is 4.80 Å². The second-order valence-electron chi connectivity index (χ2n) is 5.37. The van der Waals surface area contributed by atoms with E-state index in [9.17, 15) is 4.79 Å². The first-order valence-corrected chi connectivity index (χ1v) is 7.08. The van der Waals surface area contributed by atoms with E-state index in [-0.39, 0.29) is 12.3 Å². The molecule has 0 bridgehead atoms. The number of benzene rings is 1.